The maximum Gasteiger partial charge on any atom is 0.192 e. The van der Waals surface area contributed by atoms with Gasteiger partial charge in [0, 0.05) is 11.8 Å². The van der Waals surface area contributed by atoms with Crippen molar-refractivity contribution in [2.24, 2.45) is 5.41 Å². The van der Waals surface area contributed by atoms with E-state index in [2.05, 4.69) is 0 Å². The Bertz CT molecular complexity index is 119. The zero-order valence-electron chi connectivity index (χ0n) is 6.80. The first-order valence-corrected chi connectivity index (χ1v) is 4.91. The summed E-state index contributed by atoms with van der Waals surface area (Å²) < 4.78 is -1.24. The van der Waals surface area contributed by atoms with Crippen LogP contribution in [-0.4, -0.2) is 9.17 Å². The molecule has 0 nitrogen and oxygen atoms in total. The molecular formula is C7H12Cl4. The summed E-state index contributed by atoms with van der Waals surface area (Å²) in [6.45, 7) is 6.04. The molecule has 0 aromatic heterocycles. The fourth-order valence-corrected chi connectivity index (χ4v) is 1.44. The molecule has 0 bridgehead atoms. The first-order chi connectivity index (χ1) is 4.63. The molecule has 11 heavy (non-hydrogen) atoms. The van der Waals surface area contributed by atoms with Gasteiger partial charge in [-0.15, -0.1) is 11.6 Å². The molecule has 0 fully saturated rings. The van der Waals surface area contributed by atoms with Crippen molar-refractivity contribution in [2.45, 2.75) is 36.4 Å². The third kappa shape index (κ3) is 6.33. The molecule has 0 radical (unpaired) electrons. The summed E-state index contributed by atoms with van der Waals surface area (Å²) in [5.74, 6) is 0. The van der Waals surface area contributed by atoms with E-state index in [0.717, 1.165) is 0 Å². The second-order valence-corrected chi connectivity index (χ2v) is 6.70. The number of hydrogen-bond acceptors (Lipinski definition) is 0. The molecule has 0 aromatic carbocycles. The molecule has 1 atom stereocenters. The van der Waals surface area contributed by atoms with Crippen LogP contribution in [0, 0.1) is 5.41 Å². The van der Waals surface area contributed by atoms with E-state index >= 15 is 0 Å². The van der Waals surface area contributed by atoms with Crippen LogP contribution in [0.1, 0.15) is 27.2 Å². The van der Waals surface area contributed by atoms with Crippen LogP contribution < -0.4 is 0 Å². The molecule has 0 heterocycles. The average Bonchev–Trinajstić information content (AvgIpc) is 1.56. The summed E-state index contributed by atoms with van der Waals surface area (Å²) in [7, 11) is 0. The fourth-order valence-electron chi connectivity index (χ4n) is 0.509. The predicted molar refractivity (Wildman–Crippen MR) is 54.0 cm³/mol. The van der Waals surface area contributed by atoms with E-state index in [1.807, 2.05) is 20.8 Å². The first-order valence-electron chi connectivity index (χ1n) is 3.34. The van der Waals surface area contributed by atoms with Crippen molar-refractivity contribution in [1.82, 2.24) is 0 Å². The largest absolute Gasteiger partial charge is 0.192 e. The van der Waals surface area contributed by atoms with Crippen molar-refractivity contribution in [2.75, 3.05) is 0 Å². The molecule has 0 rings (SSSR count). The standard InChI is InChI=1S/C7H12Cl4/c1-6(2,3)5(8)4-7(9,10)11/h5H,4H2,1-3H3. The van der Waals surface area contributed by atoms with Gasteiger partial charge in [0.2, 0.25) is 0 Å². The van der Waals surface area contributed by atoms with E-state index in [0.29, 0.717) is 6.42 Å². The van der Waals surface area contributed by atoms with Gasteiger partial charge in [-0.05, 0) is 5.41 Å². The van der Waals surface area contributed by atoms with Gasteiger partial charge >= 0.3 is 0 Å². The maximum absolute atomic E-state index is 5.99. The van der Waals surface area contributed by atoms with Gasteiger partial charge in [-0.3, -0.25) is 0 Å². The van der Waals surface area contributed by atoms with Crippen LogP contribution >= 0.6 is 46.4 Å². The third-order valence-electron chi connectivity index (χ3n) is 1.35. The van der Waals surface area contributed by atoms with Gasteiger partial charge in [-0.25, -0.2) is 0 Å². The second-order valence-electron chi connectivity index (χ2n) is 3.65. The molecule has 0 amide bonds. The van der Waals surface area contributed by atoms with Gasteiger partial charge in [0.1, 0.15) is 0 Å². The zero-order valence-corrected chi connectivity index (χ0v) is 9.82. The fraction of sp³-hybridized carbons (Fsp3) is 1.00. The Balaban J connectivity index is 3.99. The third-order valence-corrected chi connectivity index (χ3v) is 2.62. The van der Waals surface area contributed by atoms with Crippen molar-refractivity contribution < 1.29 is 0 Å². The van der Waals surface area contributed by atoms with E-state index in [1.165, 1.54) is 0 Å². The van der Waals surface area contributed by atoms with Crippen LogP contribution in [0.4, 0.5) is 0 Å². The monoisotopic (exact) mass is 236 g/mol. The normalized spacial score (nSPS) is 16.6. The van der Waals surface area contributed by atoms with Gasteiger partial charge < -0.3 is 0 Å². The Hall–Kier alpha value is 1.16. The van der Waals surface area contributed by atoms with Gasteiger partial charge in [-0.2, -0.15) is 0 Å². The highest BCUT2D eigenvalue weighted by Crippen LogP contribution is 2.38. The van der Waals surface area contributed by atoms with Crippen molar-refractivity contribution in [3.63, 3.8) is 0 Å². The van der Waals surface area contributed by atoms with E-state index in [-0.39, 0.29) is 10.8 Å². The summed E-state index contributed by atoms with van der Waals surface area (Å²) in [5.41, 5.74) is -0.0223. The molecule has 0 spiro atoms. The van der Waals surface area contributed by atoms with Crippen molar-refractivity contribution in [3.8, 4) is 0 Å². The van der Waals surface area contributed by atoms with E-state index < -0.39 is 3.79 Å². The molecule has 0 saturated carbocycles. The zero-order chi connectivity index (χ0) is 9.28. The number of rotatable bonds is 1. The Morgan fingerprint density at radius 1 is 1.09 bits per heavy atom. The van der Waals surface area contributed by atoms with Gasteiger partial charge in [0.15, 0.2) is 3.79 Å². The highest BCUT2D eigenvalue weighted by atomic mass is 35.6. The highest BCUT2D eigenvalue weighted by Gasteiger charge is 2.31. The van der Waals surface area contributed by atoms with Crippen LogP contribution in [0.2, 0.25) is 0 Å². The van der Waals surface area contributed by atoms with Crippen LogP contribution in [0.3, 0.4) is 0 Å². The first kappa shape index (κ1) is 12.2. The number of halogens is 4. The van der Waals surface area contributed by atoms with Crippen LogP contribution in [0.15, 0.2) is 0 Å². The predicted octanol–water partition coefficient (Wildman–Crippen LogP) is 4.40. The minimum Gasteiger partial charge on any atom is -0.122 e. The van der Waals surface area contributed by atoms with Crippen molar-refractivity contribution in [1.29, 1.82) is 0 Å². The molecule has 0 aliphatic rings. The molecule has 0 N–H and O–H groups in total. The molecule has 0 aliphatic heterocycles. The van der Waals surface area contributed by atoms with Gasteiger partial charge in [-0.1, -0.05) is 55.6 Å². The van der Waals surface area contributed by atoms with Crippen molar-refractivity contribution in [3.05, 3.63) is 0 Å². The lowest BCUT2D eigenvalue weighted by atomic mass is 9.90. The van der Waals surface area contributed by atoms with Crippen LogP contribution in [0.25, 0.3) is 0 Å². The summed E-state index contributed by atoms with van der Waals surface area (Å²) in [6.07, 6.45) is 0.378. The summed E-state index contributed by atoms with van der Waals surface area (Å²) in [6, 6.07) is 0. The Morgan fingerprint density at radius 3 is 1.55 bits per heavy atom. The average molecular weight is 238 g/mol. The maximum atomic E-state index is 5.99. The minimum absolute atomic E-state index is 0.0223. The highest BCUT2D eigenvalue weighted by molar-refractivity contribution is 6.67. The van der Waals surface area contributed by atoms with Crippen LogP contribution in [-0.2, 0) is 0 Å². The molecule has 0 aromatic rings. The van der Waals surface area contributed by atoms with Gasteiger partial charge in [0.25, 0.3) is 0 Å². The summed E-state index contributed by atoms with van der Waals surface area (Å²) in [5, 5.41) is -0.116. The Morgan fingerprint density at radius 2 is 1.45 bits per heavy atom. The molecule has 0 aliphatic carbocycles. The second kappa shape index (κ2) is 3.91. The van der Waals surface area contributed by atoms with Crippen LogP contribution in [0.5, 0.6) is 0 Å². The van der Waals surface area contributed by atoms with E-state index in [4.69, 9.17) is 46.4 Å². The lowest BCUT2D eigenvalue weighted by molar-refractivity contribution is 0.376. The molecule has 1 unspecified atom stereocenters. The molecule has 68 valence electrons. The minimum atomic E-state index is -1.24. The topological polar surface area (TPSA) is 0 Å². The van der Waals surface area contributed by atoms with Gasteiger partial charge in [0.05, 0.1) is 0 Å². The Labute approximate surface area is 88.1 Å². The van der Waals surface area contributed by atoms with E-state index in [9.17, 15) is 0 Å². The summed E-state index contributed by atoms with van der Waals surface area (Å²) >= 11 is 22.7. The van der Waals surface area contributed by atoms with E-state index in [1.54, 1.807) is 0 Å². The smallest absolute Gasteiger partial charge is 0.122 e. The molecule has 4 heteroatoms. The lowest BCUT2D eigenvalue weighted by Gasteiger charge is -2.27. The number of hydrogen-bond donors (Lipinski definition) is 0. The quantitative estimate of drug-likeness (QED) is 0.594. The SMILES string of the molecule is CC(C)(C)C(Cl)CC(Cl)(Cl)Cl. The summed E-state index contributed by atoms with van der Waals surface area (Å²) in [4.78, 5) is 0. The number of alkyl halides is 4. The molecular weight excluding hydrogens is 226 g/mol. The Kier molecular flexibility index (Phi) is 4.32. The van der Waals surface area contributed by atoms with Crippen molar-refractivity contribution >= 4 is 46.4 Å². The lowest BCUT2D eigenvalue weighted by Crippen LogP contribution is -2.25. The molecule has 0 saturated heterocycles.